The number of hydrogen-bond donors (Lipinski definition) is 2. The first-order valence-electron chi connectivity index (χ1n) is 6.46. The van der Waals surface area contributed by atoms with E-state index in [4.69, 9.17) is 0 Å². The van der Waals surface area contributed by atoms with Crippen LogP contribution in [0.3, 0.4) is 0 Å². The molecular weight excluding hydrogens is 240 g/mol. The SMILES string of the molecule is CCC(C)(CO)CNc1ccc(-n2ccnc2)nc1. The minimum absolute atomic E-state index is 0.0942. The summed E-state index contributed by atoms with van der Waals surface area (Å²) in [7, 11) is 0. The van der Waals surface area contributed by atoms with Crippen LogP contribution >= 0.6 is 0 Å². The molecule has 102 valence electrons. The normalized spacial score (nSPS) is 14.1. The van der Waals surface area contributed by atoms with Gasteiger partial charge in [-0.05, 0) is 18.6 Å². The number of nitrogens with zero attached hydrogens (tertiary/aromatic N) is 3. The smallest absolute Gasteiger partial charge is 0.137 e. The lowest BCUT2D eigenvalue weighted by Gasteiger charge is -2.26. The second-order valence-electron chi connectivity index (χ2n) is 5.05. The first kappa shape index (κ1) is 13.5. The Hall–Kier alpha value is -1.88. The highest BCUT2D eigenvalue weighted by atomic mass is 16.3. The van der Waals surface area contributed by atoms with E-state index in [-0.39, 0.29) is 12.0 Å². The average Bonchev–Trinajstić information content (AvgIpc) is 2.99. The summed E-state index contributed by atoms with van der Waals surface area (Å²) in [5, 5.41) is 12.7. The number of anilines is 1. The lowest BCUT2D eigenvalue weighted by atomic mass is 9.88. The summed E-state index contributed by atoms with van der Waals surface area (Å²) in [6.07, 6.45) is 8.02. The lowest BCUT2D eigenvalue weighted by molar-refractivity contribution is 0.149. The molecule has 1 unspecified atom stereocenters. The van der Waals surface area contributed by atoms with Gasteiger partial charge in [0.1, 0.15) is 12.1 Å². The van der Waals surface area contributed by atoms with E-state index in [1.165, 1.54) is 0 Å². The topological polar surface area (TPSA) is 63.0 Å². The van der Waals surface area contributed by atoms with Crippen molar-refractivity contribution in [2.45, 2.75) is 20.3 Å². The minimum atomic E-state index is -0.0942. The molecule has 19 heavy (non-hydrogen) atoms. The maximum Gasteiger partial charge on any atom is 0.137 e. The summed E-state index contributed by atoms with van der Waals surface area (Å²) in [6, 6.07) is 3.92. The highest BCUT2D eigenvalue weighted by Crippen LogP contribution is 2.21. The second-order valence-corrected chi connectivity index (χ2v) is 5.05. The third-order valence-electron chi connectivity index (χ3n) is 3.47. The molecule has 0 aromatic carbocycles. The Labute approximate surface area is 113 Å². The standard InChI is InChI=1S/C14H20N4O/c1-3-14(2,10-19)9-17-12-4-5-13(16-8-12)18-7-6-15-11-18/h4-8,11,17,19H,3,9-10H2,1-2H3. The minimum Gasteiger partial charge on any atom is -0.396 e. The van der Waals surface area contributed by atoms with Crippen LogP contribution < -0.4 is 5.32 Å². The molecule has 2 N–H and O–H groups in total. The van der Waals surface area contributed by atoms with Gasteiger partial charge in [-0.1, -0.05) is 13.8 Å². The van der Waals surface area contributed by atoms with Crippen LogP contribution in [0.25, 0.3) is 5.82 Å². The van der Waals surface area contributed by atoms with Gasteiger partial charge in [0.25, 0.3) is 0 Å². The van der Waals surface area contributed by atoms with Crippen molar-refractivity contribution < 1.29 is 5.11 Å². The number of aliphatic hydroxyl groups is 1. The summed E-state index contributed by atoms with van der Waals surface area (Å²) in [5.41, 5.74) is 0.861. The zero-order valence-corrected chi connectivity index (χ0v) is 11.4. The predicted octanol–water partition coefficient (Wildman–Crippen LogP) is 2.09. The van der Waals surface area contributed by atoms with Crippen LogP contribution in [0.5, 0.6) is 0 Å². The number of pyridine rings is 1. The highest BCUT2D eigenvalue weighted by molar-refractivity contribution is 5.43. The van der Waals surface area contributed by atoms with Crippen molar-refractivity contribution in [2.24, 2.45) is 5.41 Å². The molecule has 0 fully saturated rings. The Bertz CT molecular complexity index is 489. The molecule has 0 saturated heterocycles. The van der Waals surface area contributed by atoms with Crippen LogP contribution in [-0.4, -0.2) is 32.8 Å². The number of rotatable bonds is 6. The largest absolute Gasteiger partial charge is 0.396 e. The second kappa shape index (κ2) is 5.84. The van der Waals surface area contributed by atoms with Crippen molar-refractivity contribution in [3.8, 4) is 5.82 Å². The molecular formula is C14H20N4O. The van der Waals surface area contributed by atoms with Crippen LogP contribution in [0.15, 0.2) is 37.1 Å². The number of imidazole rings is 1. The van der Waals surface area contributed by atoms with Crippen LogP contribution in [0.4, 0.5) is 5.69 Å². The molecule has 2 aromatic heterocycles. The molecule has 0 spiro atoms. The van der Waals surface area contributed by atoms with Gasteiger partial charge < -0.3 is 10.4 Å². The van der Waals surface area contributed by atoms with Crippen LogP contribution in [0, 0.1) is 5.41 Å². The van der Waals surface area contributed by atoms with Crippen LogP contribution in [-0.2, 0) is 0 Å². The van der Waals surface area contributed by atoms with Gasteiger partial charge in [-0.25, -0.2) is 9.97 Å². The van der Waals surface area contributed by atoms with Crippen molar-refractivity contribution in [1.29, 1.82) is 0 Å². The number of nitrogens with one attached hydrogen (secondary N) is 1. The van der Waals surface area contributed by atoms with Gasteiger partial charge in [-0.2, -0.15) is 0 Å². The van der Waals surface area contributed by atoms with Crippen molar-refractivity contribution in [2.75, 3.05) is 18.5 Å². The maximum absolute atomic E-state index is 9.37. The van der Waals surface area contributed by atoms with Gasteiger partial charge in [-0.15, -0.1) is 0 Å². The van der Waals surface area contributed by atoms with E-state index in [0.29, 0.717) is 0 Å². The van der Waals surface area contributed by atoms with Gasteiger partial charge in [-0.3, -0.25) is 4.57 Å². The van der Waals surface area contributed by atoms with E-state index in [0.717, 1.165) is 24.5 Å². The molecule has 0 radical (unpaired) electrons. The molecule has 2 rings (SSSR count). The van der Waals surface area contributed by atoms with Crippen LogP contribution in [0.2, 0.25) is 0 Å². The Balaban J connectivity index is 2.00. The third kappa shape index (κ3) is 3.32. The van der Waals surface area contributed by atoms with E-state index in [1.54, 1.807) is 18.7 Å². The molecule has 0 amide bonds. The molecule has 2 aromatic rings. The average molecular weight is 260 g/mol. The molecule has 0 aliphatic rings. The quantitative estimate of drug-likeness (QED) is 0.834. The van der Waals surface area contributed by atoms with Gasteiger partial charge in [0.05, 0.1) is 18.5 Å². The fourth-order valence-corrected chi connectivity index (χ4v) is 1.65. The zero-order valence-electron chi connectivity index (χ0n) is 11.4. The summed E-state index contributed by atoms with van der Waals surface area (Å²) in [6.45, 7) is 5.05. The van der Waals surface area contributed by atoms with Gasteiger partial charge in [0, 0.05) is 24.4 Å². The molecule has 0 aliphatic heterocycles. The third-order valence-corrected chi connectivity index (χ3v) is 3.47. The summed E-state index contributed by atoms with van der Waals surface area (Å²) in [4.78, 5) is 8.36. The monoisotopic (exact) mass is 260 g/mol. The van der Waals surface area contributed by atoms with E-state index in [9.17, 15) is 5.11 Å². The lowest BCUT2D eigenvalue weighted by Crippen LogP contribution is -2.29. The molecule has 0 bridgehead atoms. The van der Waals surface area contributed by atoms with E-state index in [2.05, 4.69) is 29.1 Å². The fraction of sp³-hybridized carbons (Fsp3) is 0.429. The van der Waals surface area contributed by atoms with Gasteiger partial charge in [0.15, 0.2) is 0 Å². The Morgan fingerprint density at radius 1 is 1.42 bits per heavy atom. The molecule has 1 atom stereocenters. The Morgan fingerprint density at radius 3 is 2.79 bits per heavy atom. The van der Waals surface area contributed by atoms with Crippen molar-refractivity contribution >= 4 is 5.69 Å². The first-order chi connectivity index (χ1) is 9.17. The molecule has 5 nitrogen and oxygen atoms in total. The highest BCUT2D eigenvalue weighted by Gasteiger charge is 2.20. The summed E-state index contributed by atoms with van der Waals surface area (Å²) >= 11 is 0. The molecule has 0 aliphatic carbocycles. The summed E-state index contributed by atoms with van der Waals surface area (Å²) < 4.78 is 1.85. The molecule has 2 heterocycles. The number of aliphatic hydroxyl groups excluding tert-OH is 1. The van der Waals surface area contributed by atoms with Crippen molar-refractivity contribution in [3.05, 3.63) is 37.1 Å². The zero-order chi connectivity index (χ0) is 13.7. The van der Waals surface area contributed by atoms with Crippen molar-refractivity contribution in [1.82, 2.24) is 14.5 Å². The van der Waals surface area contributed by atoms with E-state index in [1.807, 2.05) is 22.9 Å². The fourth-order valence-electron chi connectivity index (χ4n) is 1.65. The maximum atomic E-state index is 9.37. The summed E-state index contributed by atoms with van der Waals surface area (Å²) in [5.74, 6) is 0.837. The van der Waals surface area contributed by atoms with E-state index < -0.39 is 0 Å². The van der Waals surface area contributed by atoms with Gasteiger partial charge >= 0.3 is 0 Å². The number of hydrogen-bond acceptors (Lipinski definition) is 4. The first-order valence-corrected chi connectivity index (χ1v) is 6.46. The van der Waals surface area contributed by atoms with Crippen molar-refractivity contribution in [3.63, 3.8) is 0 Å². The van der Waals surface area contributed by atoms with E-state index >= 15 is 0 Å². The van der Waals surface area contributed by atoms with Crippen LogP contribution in [0.1, 0.15) is 20.3 Å². The Morgan fingerprint density at radius 2 is 2.26 bits per heavy atom. The van der Waals surface area contributed by atoms with Gasteiger partial charge in [0.2, 0.25) is 0 Å². The predicted molar refractivity (Wildman–Crippen MR) is 75.3 cm³/mol. The Kier molecular flexibility index (Phi) is 4.16. The molecule has 5 heteroatoms. The number of aromatic nitrogens is 3. The molecule has 0 saturated carbocycles.